The lowest BCUT2D eigenvalue weighted by Crippen LogP contribution is -2.44. The van der Waals surface area contributed by atoms with Crippen LogP contribution in [0.25, 0.3) is 0 Å². The molecule has 4 amide bonds. The standard InChI is InChI=1S/C18H19F2N3O5/c1-10(15(25)21-14-11(19)5-4-6-12(14)20)28-13(24)9-23-16(26)18(22-17(23)27)7-2-3-8-18/h4-6,10H,2-3,7-9H2,1H3,(H,21,25)(H,22,27)/t10-/m1/s1. The molecule has 2 fully saturated rings. The number of hydrogen-bond acceptors (Lipinski definition) is 5. The van der Waals surface area contributed by atoms with E-state index in [1.807, 2.05) is 5.32 Å². The van der Waals surface area contributed by atoms with Crippen molar-refractivity contribution in [2.75, 3.05) is 11.9 Å². The molecule has 1 atom stereocenters. The van der Waals surface area contributed by atoms with Gasteiger partial charge in [-0.2, -0.15) is 0 Å². The number of urea groups is 1. The van der Waals surface area contributed by atoms with Crippen LogP contribution in [-0.2, 0) is 19.1 Å². The van der Waals surface area contributed by atoms with Crippen molar-refractivity contribution in [1.29, 1.82) is 0 Å². The van der Waals surface area contributed by atoms with Crippen molar-refractivity contribution in [2.45, 2.75) is 44.2 Å². The maximum atomic E-state index is 13.6. The van der Waals surface area contributed by atoms with Crippen LogP contribution in [0.5, 0.6) is 0 Å². The van der Waals surface area contributed by atoms with Crippen LogP contribution in [0.4, 0.5) is 19.3 Å². The number of carbonyl (C=O) groups is 4. The average Bonchev–Trinajstić information content (AvgIpc) is 3.19. The van der Waals surface area contributed by atoms with Gasteiger partial charge >= 0.3 is 12.0 Å². The molecule has 1 saturated carbocycles. The highest BCUT2D eigenvalue weighted by molar-refractivity contribution is 6.09. The summed E-state index contributed by atoms with van der Waals surface area (Å²) in [7, 11) is 0. The highest BCUT2D eigenvalue weighted by Gasteiger charge is 2.52. The predicted octanol–water partition coefficient (Wildman–Crippen LogP) is 1.70. The number of anilines is 1. The summed E-state index contributed by atoms with van der Waals surface area (Å²) >= 11 is 0. The van der Waals surface area contributed by atoms with E-state index < -0.39 is 59.3 Å². The SMILES string of the molecule is C[C@@H](OC(=O)CN1C(=O)NC2(CCCC2)C1=O)C(=O)Nc1c(F)cccc1F. The third-order valence-corrected chi connectivity index (χ3v) is 4.88. The van der Waals surface area contributed by atoms with Crippen molar-refractivity contribution >= 4 is 29.5 Å². The normalized spacial score (nSPS) is 18.9. The van der Waals surface area contributed by atoms with Crippen molar-refractivity contribution < 1.29 is 32.7 Å². The molecule has 2 aliphatic rings. The number of esters is 1. The van der Waals surface area contributed by atoms with E-state index in [0.29, 0.717) is 12.8 Å². The Balaban J connectivity index is 1.58. The molecule has 1 aliphatic carbocycles. The summed E-state index contributed by atoms with van der Waals surface area (Å²) in [5, 5.41) is 4.63. The van der Waals surface area contributed by atoms with E-state index in [1.165, 1.54) is 6.92 Å². The summed E-state index contributed by atoms with van der Waals surface area (Å²) in [4.78, 5) is 49.4. The number of rotatable bonds is 5. The fraction of sp³-hybridized carbons (Fsp3) is 0.444. The van der Waals surface area contributed by atoms with E-state index in [1.54, 1.807) is 0 Å². The van der Waals surface area contributed by atoms with Gasteiger partial charge in [-0.3, -0.25) is 19.3 Å². The molecular formula is C18H19F2N3O5. The first-order valence-electron chi connectivity index (χ1n) is 8.82. The molecule has 2 N–H and O–H groups in total. The van der Waals surface area contributed by atoms with Crippen LogP contribution in [0.2, 0.25) is 0 Å². The van der Waals surface area contributed by atoms with Gasteiger partial charge in [-0.1, -0.05) is 18.9 Å². The fourth-order valence-electron chi connectivity index (χ4n) is 3.40. The zero-order valence-electron chi connectivity index (χ0n) is 15.1. The Bertz CT molecular complexity index is 818. The van der Waals surface area contributed by atoms with Gasteiger partial charge in [-0.15, -0.1) is 0 Å². The topological polar surface area (TPSA) is 105 Å². The zero-order valence-corrected chi connectivity index (χ0v) is 15.1. The van der Waals surface area contributed by atoms with Crippen molar-refractivity contribution in [2.24, 2.45) is 0 Å². The summed E-state index contributed by atoms with van der Waals surface area (Å²) in [6.45, 7) is 0.550. The van der Waals surface area contributed by atoms with E-state index in [-0.39, 0.29) is 0 Å². The molecule has 10 heteroatoms. The second-order valence-corrected chi connectivity index (χ2v) is 6.83. The Morgan fingerprint density at radius 1 is 1.25 bits per heavy atom. The van der Waals surface area contributed by atoms with Crippen LogP contribution < -0.4 is 10.6 Å². The molecule has 0 radical (unpaired) electrons. The lowest BCUT2D eigenvalue weighted by Gasteiger charge is -2.20. The summed E-state index contributed by atoms with van der Waals surface area (Å²) in [6, 6.07) is 2.38. The number of benzene rings is 1. The second-order valence-electron chi connectivity index (χ2n) is 6.83. The highest BCUT2D eigenvalue weighted by Crippen LogP contribution is 2.34. The Kier molecular flexibility index (Phi) is 5.30. The maximum Gasteiger partial charge on any atom is 0.327 e. The van der Waals surface area contributed by atoms with Crippen LogP contribution >= 0.6 is 0 Å². The first kappa shape index (κ1) is 19.7. The highest BCUT2D eigenvalue weighted by atomic mass is 19.1. The number of nitrogens with zero attached hydrogens (tertiary/aromatic N) is 1. The number of halogens is 2. The van der Waals surface area contributed by atoms with Crippen LogP contribution in [0.1, 0.15) is 32.6 Å². The lowest BCUT2D eigenvalue weighted by atomic mass is 9.98. The molecule has 3 rings (SSSR count). The average molecular weight is 395 g/mol. The van der Waals surface area contributed by atoms with Crippen LogP contribution in [-0.4, -0.2) is 46.9 Å². The molecule has 8 nitrogen and oxygen atoms in total. The Hall–Kier alpha value is -3.04. The molecule has 0 bridgehead atoms. The Labute approximate surface area is 159 Å². The minimum absolute atomic E-state index is 0.488. The molecule has 0 unspecified atom stereocenters. The number of amides is 4. The summed E-state index contributed by atoms with van der Waals surface area (Å²) in [5.41, 5.74) is -1.62. The predicted molar refractivity (Wildman–Crippen MR) is 92.0 cm³/mol. The number of ether oxygens (including phenoxy) is 1. The van der Waals surface area contributed by atoms with E-state index in [0.717, 1.165) is 35.9 Å². The molecule has 1 aromatic rings. The van der Waals surface area contributed by atoms with Gasteiger partial charge in [-0.05, 0) is 31.9 Å². The van der Waals surface area contributed by atoms with Gasteiger partial charge in [0.25, 0.3) is 11.8 Å². The first-order valence-corrected chi connectivity index (χ1v) is 8.82. The fourth-order valence-corrected chi connectivity index (χ4v) is 3.40. The van der Waals surface area contributed by atoms with Crippen molar-refractivity contribution in [3.8, 4) is 0 Å². The monoisotopic (exact) mass is 395 g/mol. The Morgan fingerprint density at radius 3 is 2.46 bits per heavy atom. The molecular weight excluding hydrogens is 376 g/mol. The maximum absolute atomic E-state index is 13.6. The van der Waals surface area contributed by atoms with Gasteiger partial charge in [-0.25, -0.2) is 13.6 Å². The van der Waals surface area contributed by atoms with Gasteiger partial charge in [0.2, 0.25) is 0 Å². The van der Waals surface area contributed by atoms with Crippen LogP contribution in [0, 0.1) is 11.6 Å². The minimum atomic E-state index is -1.40. The molecule has 1 heterocycles. The molecule has 1 aliphatic heterocycles. The molecule has 1 spiro atoms. The number of hydrogen-bond donors (Lipinski definition) is 2. The summed E-state index contributed by atoms with van der Waals surface area (Å²) < 4.78 is 32.1. The first-order chi connectivity index (χ1) is 13.2. The molecule has 28 heavy (non-hydrogen) atoms. The van der Waals surface area contributed by atoms with Gasteiger partial charge in [0.05, 0.1) is 0 Å². The van der Waals surface area contributed by atoms with Gasteiger partial charge in [0.1, 0.15) is 29.4 Å². The third-order valence-electron chi connectivity index (χ3n) is 4.88. The van der Waals surface area contributed by atoms with E-state index in [9.17, 15) is 28.0 Å². The van der Waals surface area contributed by atoms with E-state index in [2.05, 4.69) is 5.32 Å². The van der Waals surface area contributed by atoms with Crippen LogP contribution in [0.15, 0.2) is 18.2 Å². The third kappa shape index (κ3) is 3.67. The summed E-state index contributed by atoms with van der Waals surface area (Å²) in [6.07, 6.45) is 1.22. The van der Waals surface area contributed by atoms with Crippen molar-refractivity contribution in [1.82, 2.24) is 10.2 Å². The molecule has 0 aromatic heterocycles. The molecule has 1 aromatic carbocycles. The number of nitrogens with one attached hydrogen (secondary N) is 2. The lowest BCUT2D eigenvalue weighted by molar-refractivity contribution is -0.155. The zero-order chi connectivity index (χ0) is 20.5. The second kappa shape index (κ2) is 7.53. The largest absolute Gasteiger partial charge is 0.451 e. The van der Waals surface area contributed by atoms with E-state index in [4.69, 9.17) is 4.74 Å². The van der Waals surface area contributed by atoms with Crippen molar-refractivity contribution in [3.05, 3.63) is 29.8 Å². The van der Waals surface area contributed by atoms with Gasteiger partial charge in [0.15, 0.2) is 6.10 Å². The number of imide groups is 1. The minimum Gasteiger partial charge on any atom is -0.451 e. The number of carbonyl (C=O) groups excluding carboxylic acids is 4. The smallest absolute Gasteiger partial charge is 0.327 e. The Morgan fingerprint density at radius 2 is 1.86 bits per heavy atom. The number of para-hydroxylation sites is 1. The molecule has 150 valence electrons. The quantitative estimate of drug-likeness (QED) is 0.583. The van der Waals surface area contributed by atoms with Gasteiger partial charge in [0, 0.05) is 0 Å². The van der Waals surface area contributed by atoms with Crippen molar-refractivity contribution in [3.63, 3.8) is 0 Å². The molecule has 1 saturated heterocycles. The summed E-state index contributed by atoms with van der Waals surface area (Å²) in [5.74, 6) is -4.39. The van der Waals surface area contributed by atoms with Crippen LogP contribution in [0.3, 0.4) is 0 Å². The van der Waals surface area contributed by atoms with E-state index >= 15 is 0 Å². The van der Waals surface area contributed by atoms with Gasteiger partial charge < -0.3 is 15.4 Å².